The Morgan fingerprint density at radius 3 is 2.79 bits per heavy atom. The zero-order valence-corrected chi connectivity index (χ0v) is 18.7. The predicted octanol–water partition coefficient (Wildman–Crippen LogP) is 4.80. The van der Waals surface area contributed by atoms with Crippen molar-refractivity contribution in [2.24, 2.45) is 0 Å². The summed E-state index contributed by atoms with van der Waals surface area (Å²) in [6.45, 7) is 4.59. The van der Waals surface area contributed by atoms with E-state index in [0.717, 1.165) is 33.6 Å². The topological polar surface area (TPSA) is 88.1 Å². The van der Waals surface area contributed by atoms with Crippen LogP contribution in [0.3, 0.4) is 0 Å². The van der Waals surface area contributed by atoms with E-state index in [9.17, 15) is 4.39 Å². The summed E-state index contributed by atoms with van der Waals surface area (Å²) in [5, 5.41) is 4.59. The van der Waals surface area contributed by atoms with Crippen molar-refractivity contribution in [3.8, 4) is 34.0 Å². The molecule has 5 rings (SSSR count). The molecule has 2 N–H and O–H groups in total. The molecule has 0 unspecified atom stereocenters. The summed E-state index contributed by atoms with van der Waals surface area (Å²) in [4.78, 5) is 9.07. The van der Waals surface area contributed by atoms with Crippen LogP contribution in [-0.4, -0.2) is 26.9 Å². The maximum absolute atomic E-state index is 14.3. The molecule has 1 aliphatic rings. The summed E-state index contributed by atoms with van der Waals surface area (Å²) < 4.78 is 27.9. The number of benzene rings is 1. The Morgan fingerprint density at radius 1 is 1.15 bits per heavy atom. The third kappa shape index (κ3) is 3.67. The molecule has 0 aliphatic carbocycles. The molecule has 0 radical (unpaired) electrons. The number of anilines is 1. The first-order valence-corrected chi connectivity index (χ1v) is 10.8. The molecular formula is C25H24FN5O2. The van der Waals surface area contributed by atoms with E-state index in [1.807, 2.05) is 36.9 Å². The first-order chi connectivity index (χ1) is 16.0. The number of halogens is 1. The van der Waals surface area contributed by atoms with Crippen LogP contribution in [0.2, 0.25) is 0 Å². The van der Waals surface area contributed by atoms with Gasteiger partial charge in [-0.25, -0.2) is 9.37 Å². The van der Waals surface area contributed by atoms with Crippen molar-refractivity contribution in [3.05, 3.63) is 71.4 Å². The van der Waals surface area contributed by atoms with Gasteiger partial charge < -0.3 is 15.2 Å². The molecule has 0 saturated heterocycles. The van der Waals surface area contributed by atoms with E-state index in [-0.39, 0.29) is 11.6 Å². The Labute approximate surface area is 191 Å². The van der Waals surface area contributed by atoms with Crippen molar-refractivity contribution in [1.82, 2.24) is 19.7 Å². The third-order valence-electron chi connectivity index (χ3n) is 5.94. The molecule has 7 nitrogen and oxygen atoms in total. The van der Waals surface area contributed by atoms with E-state index < -0.39 is 6.10 Å². The number of aryl methyl sites for hydroxylation is 1. The van der Waals surface area contributed by atoms with Crippen LogP contribution in [0.5, 0.6) is 11.5 Å². The van der Waals surface area contributed by atoms with Gasteiger partial charge in [-0.05, 0) is 49.7 Å². The number of pyridine rings is 2. The minimum atomic E-state index is -0.498. The van der Waals surface area contributed by atoms with Gasteiger partial charge in [0.05, 0.1) is 30.9 Å². The van der Waals surface area contributed by atoms with Crippen LogP contribution in [0, 0.1) is 5.82 Å². The van der Waals surface area contributed by atoms with Crippen molar-refractivity contribution < 1.29 is 13.9 Å². The highest BCUT2D eigenvalue weighted by Gasteiger charge is 2.23. The molecule has 1 aromatic carbocycles. The first kappa shape index (κ1) is 20.9. The van der Waals surface area contributed by atoms with Crippen LogP contribution in [0.1, 0.15) is 36.6 Å². The van der Waals surface area contributed by atoms with Crippen molar-refractivity contribution >= 4 is 5.82 Å². The second-order valence-corrected chi connectivity index (χ2v) is 7.99. The molecule has 168 valence electrons. The van der Waals surface area contributed by atoms with Crippen molar-refractivity contribution in [2.75, 3.05) is 12.8 Å². The van der Waals surface area contributed by atoms with E-state index in [2.05, 4.69) is 10.1 Å². The van der Waals surface area contributed by atoms with Crippen molar-refractivity contribution in [3.63, 3.8) is 0 Å². The summed E-state index contributed by atoms with van der Waals surface area (Å²) in [6, 6.07) is 8.49. The van der Waals surface area contributed by atoms with Gasteiger partial charge in [0.2, 0.25) is 0 Å². The highest BCUT2D eigenvalue weighted by atomic mass is 19.1. The van der Waals surface area contributed by atoms with Crippen LogP contribution in [0.4, 0.5) is 10.2 Å². The highest BCUT2D eigenvalue weighted by molar-refractivity contribution is 5.72. The third-order valence-corrected chi connectivity index (χ3v) is 5.94. The number of nitrogens with two attached hydrogens (primary N) is 1. The van der Waals surface area contributed by atoms with Gasteiger partial charge in [0.25, 0.3) is 0 Å². The standard InChI is InChI=1S/C25H24FN5O2/c1-4-31-24-16(12-30-31)7-15-8-19(32-3)13-28-23(15)20-6-5-18(26)10-21(20)14(2)33-22-9-17(24)11-29-25(22)27/h5-6,8-14H,4,7H2,1-3H3,(H2,27,29)/t14-/m1/s1. The molecular weight excluding hydrogens is 421 g/mol. The molecule has 0 amide bonds. The summed E-state index contributed by atoms with van der Waals surface area (Å²) >= 11 is 0. The van der Waals surface area contributed by atoms with Crippen molar-refractivity contribution in [2.45, 2.75) is 32.9 Å². The molecule has 0 spiro atoms. The lowest BCUT2D eigenvalue weighted by Crippen LogP contribution is -2.10. The average Bonchev–Trinajstić information content (AvgIpc) is 3.22. The largest absolute Gasteiger partial charge is 0.495 e. The van der Waals surface area contributed by atoms with Gasteiger partial charge in [-0.15, -0.1) is 0 Å². The quantitative estimate of drug-likeness (QED) is 0.477. The van der Waals surface area contributed by atoms with Gasteiger partial charge in [-0.3, -0.25) is 9.67 Å². The lowest BCUT2D eigenvalue weighted by atomic mass is 9.93. The summed E-state index contributed by atoms with van der Waals surface area (Å²) in [5.41, 5.74) is 12.1. The smallest absolute Gasteiger partial charge is 0.166 e. The fraction of sp³-hybridized carbons (Fsp3) is 0.240. The lowest BCUT2D eigenvalue weighted by Gasteiger charge is -2.22. The maximum atomic E-state index is 14.3. The molecule has 4 heterocycles. The Morgan fingerprint density at radius 2 is 2.00 bits per heavy atom. The fourth-order valence-electron chi connectivity index (χ4n) is 4.33. The molecule has 8 heteroatoms. The van der Waals surface area contributed by atoms with E-state index in [0.29, 0.717) is 30.0 Å². The lowest BCUT2D eigenvalue weighted by molar-refractivity contribution is 0.227. The molecule has 0 saturated carbocycles. The number of nitrogens with zero attached hydrogens (tertiary/aromatic N) is 4. The second kappa shape index (κ2) is 8.20. The van der Waals surface area contributed by atoms with Crippen LogP contribution < -0.4 is 15.2 Å². The van der Waals surface area contributed by atoms with Crippen LogP contribution in [0.25, 0.3) is 22.5 Å². The minimum absolute atomic E-state index is 0.271. The molecule has 1 atom stereocenters. The number of rotatable bonds is 2. The first-order valence-electron chi connectivity index (χ1n) is 10.8. The van der Waals surface area contributed by atoms with Gasteiger partial charge in [0, 0.05) is 41.4 Å². The number of fused-ring (bicyclic) bond motifs is 7. The van der Waals surface area contributed by atoms with Gasteiger partial charge in [-0.1, -0.05) is 0 Å². The Bertz CT molecular complexity index is 1350. The van der Waals surface area contributed by atoms with E-state index in [4.69, 9.17) is 20.2 Å². The van der Waals surface area contributed by atoms with Crippen LogP contribution in [-0.2, 0) is 13.0 Å². The number of nitrogen functional groups attached to an aromatic ring is 1. The van der Waals surface area contributed by atoms with Gasteiger partial charge >= 0.3 is 0 Å². The molecule has 33 heavy (non-hydrogen) atoms. The van der Waals surface area contributed by atoms with E-state index in [1.54, 1.807) is 25.6 Å². The molecule has 3 aromatic heterocycles. The van der Waals surface area contributed by atoms with E-state index >= 15 is 0 Å². The van der Waals surface area contributed by atoms with Gasteiger partial charge in [-0.2, -0.15) is 5.10 Å². The van der Waals surface area contributed by atoms with Crippen molar-refractivity contribution in [1.29, 1.82) is 0 Å². The van der Waals surface area contributed by atoms with Gasteiger partial charge in [0.1, 0.15) is 17.7 Å². The molecule has 1 aliphatic heterocycles. The normalized spacial score (nSPS) is 14.7. The zero-order chi connectivity index (χ0) is 23.1. The summed E-state index contributed by atoms with van der Waals surface area (Å²) in [7, 11) is 1.61. The Balaban J connectivity index is 1.82. The number of hydrogen-bond acceptors (Lipinski definition) is 6. The summed E-state index contributed by atoms with van der Waals surface area (Å²) in [5.74, 6) is 1.01. The van der Waals surface area contributed by atoms with Gasteiger partial charge in [0.15, 0.2) is 11.6 Å². The Kier molecular flexibility index (Phi) is 5.20. The monoisotopic (exact) mass is 445 g/mol. The Hall–Kier alpha value is -3.94. The van der Waals surface area contributed by atoms with Crippen LogP contribution >= 0.6 is 0 Å². The average molecular weight is 445 g/mol. The SMILES string of the molecule is CCn1ncc2c1-c1cnc(N)c(c1)O[C@H](C)c1cc(F)ccc1-c1ncc(OC)cc1C2. The minimum Gasteiger partial charge on any atom is -0.495 e. The molecule has 4 aromatic rings. The maximum Gasteiger partial charge on any atom is 0.166 e. The number of hydrogen-bond donors (Lipinski definition) is 1. The number of methoxy groups -OCH3 is 1. The van der Waals surface area contributed by atoms with E-state index in [1.165, 1.54) is 12.1 Å². The fourth-order valence-corrected chi connectivity index (χ4v) is 4.33. The zero-order valence-electron chi connectivity index (χ0n) is 18.7. The molecule has 2 bridgehead atoms. The number of ether oxygens (including phenoxy) is 2. The summed E-state index contributed by atoms with van der Waals surface area (Å²) in [6.07, 6.45) is 5.31. The van der Waals surface area contributed by atoms with Crippen LogP contribution in [0.15, 0.2) is 48.9 Å². The predicted molar refractivity (Wildman–Crippen MR) is 124 cm³/mol. The second-order valence-electron chi connectivity index (χ2n) is 7.99. The molecule has 0 fully saturated rings. The highest BCUT2D eigenvalue weighted by Crippen LogP contribution is 2.38. The number of aromatic nitrogens is 4.